The van der Waals surface area contributed by atoms with E-state index in [0.29, 0.717) is 5.56 Å². The SMILES string of the molecule is FCC(Cl)c1ccc(F)cc1. The van der Waals surface area contributed by atoms with Crippen LogP contribution in [0.15, 0.2) is 24.3 Å². The molecule has 60 valence electrons. The normalized spacial score (nSPS) is 13.0. The van der Waals surface area contributed by atoms with Crippen molar-refractivity contribution in [2.24, 2.45) is 0 Å². The Hall–Kier alpha value is -0.630. The first kappa shape index (κ1) is 8.47. The molecule has 0 aromatic heterocycles. The van der Waals surface area contributed by atoms with Crippen molar-refractivity contribution in [3.8, 4) is 0 Å². The molecule has 0 aliphatic rings. The predicted octanol–water partition coefficient (Wildman–Crippen LogP) is 3.08. The summed E-state index contributed by atoms with van der Waals surface area (Å²) >= 11 is 5.55. The monoisotopic (exact) mass is 176 g/mol. The van der Waals surface area contributed by atoms with Gasteiger partial charge in [0, 0.05) is 0 Å². The fourth-order valence-electron chi connectivity index (χ4n) is 0.761. The van der Waals surface area contributed by atoms with Gasteiger partial charge in [0.1, 0.15) is 12.5 Å². The Morgan fingerprint density at radius 3 is 2.27 bits per heavy atom. The zero-order valence-electron chi connectivity index (χ0n) is 5.73. The minimum atomic E-state index is -0.657. The van der Waals surface area contributed by atoms with Crippen LogP contribution in [0.4, 0.5) is 8.78 Å². The number of benzene rings is 1. The molecule has 0 saturated heterocycles. The van der Waals surface area contributed by atoms with E-state index in [1.165, 1.54) is 24.3 Å². The van der Waals surface area contributed by atoms with Gasteiger partial charge >= 0.3 is 0 Å². The first-order chi connectivity index (χ1) is 5.24. The van der Waals surface area contributed by atoms with Crippen LogP contribution in [0.3, 0.4) is 0 Å². The summed E-state index contributed by atoms with van der Waals surface area (Å²) in [5, 5.41) is -0.657. The van der Waals surface area contributed by atoms with Crippen molar-refractivity contribution >= 4 is 11.6 Å². The second kappa shape index (κ2) is 3.67. The Morgan fingerprint density at radius 1 is 1.27 bits per heavy atom. The van der Waals surface area contributed by atoms with Gasteiger partial charge in [0.2, 0.25) is 0 Å². The highest BCUT2D eigenvalue weighted by Crippen LogP contribution is 2.20. The van der Waals surface area contributed by atoms with Crippen molar-refractivity contribution in [1.29, 1.82) is 0 Å². The average Bonchev–Trinajstić information content (AvgIpc) is 2.05. The molecule has 0 aliphatic heterocycles. The molecule has 0 heterocycles. The molecular weight excluding hydrogens is 170 g/mol. The summed E-state index contributed by atoms with van der Waals surface area (Å²) in [4.78, 5) is 0. The standard InChI is InChI=1S/C8H7ClF2/c9-8(5-10)6-1-3-7(11)4-2-6/h1-4,8H,5H2. The van der Waals surface area contributed by atoms with Crippen LogP contribution in [0.2, 0.25) is 0 Å². The largest absolute Gasteiger partial charge is 0.249 e. The van der Waals surface area contributed by atoms with E-state index < -0.39 is 12.1 Å². The third kappa shape index (κ3) is 2.15. The third-order valence-electron chi connectivity index (χ3n) is 1.37. The second-order valence-corrected chi connectivity index (χ2v) is 2.70. The Bertz CT molecular complexity index is 220. The van der Waals surface area contributed by atoms with E-state index in [9.17, 15) is 8.78 Å². The number of alkyl halides is 2. The highest BCUT2D eigenvalue weighted by Gasteiger charge is 2.05. The van der Waals surface area contributed by atoms with Gasteiger partial charge < -0.3 is 0 Å². The second-order valence-electron chi connectivity index (χ2n) is 2.17. The summed E-state index contributed by atoms with van der Waals surface area (Å²) in [7, 11) is 0. The lowest BCUT2D eigenvalue weighted by Gasteiger charge is -2.03. The molecule has 0 N–H and O–H groups in total. The summed E-state index contributed by atoms with van der Waals surface area (Å²) in [6, 6.07) is 5.49. The van der Waals surface area contributed by atoms with Crippen LogP contribution in [0.25, 0.3) is 0 Å². The molecule has 1 aromatic rings. The van der Waals surface area contributed by atoms with Crippen LogP contribution < -0.4 is 0 Å². The van der Waals surface area contributed by atoms with Crippen LogP contribution in [-0.2, 0) is 0 Å². The van der Waals surface area contributed by atoms with Gasteiger partial charge in [-0.2, -0.15) is 0 Å². The van der Waals surface area contributed by atoms with Crippen molar-refractivity contribution in [2.75, 3.05) is 6.67 Å². The van der Waals surface area contributed by atoms with Crippen LogP contribution in [-0.4, -0.2) is 6.67 Å². The molecular formula is C8H7ClF2. The van der Waals surface area contributed by atoms with E-state index in [4.69, 9.17) is 11.6 Å². The Labute approximate surface area is 68.8 Å². The summed E-state index contributed by atoms with van der Waals surface area (Å²) in [5.74, 6) is -0.337. The summed E-state index contributed by atoms with van der Waals surface area (Å²) < 4.78 is 24.3. The van der Waals surface area contributed by atoms with E-state index in [1.807, 2.05) is 0 Å². The zero-order valence-corrected chi connectivity index (χ0v) is 6.48. The third-order valence-corrected chi connectivity index (χ3v) is 1.74. The quantitative estimate of drug-likeness (QED) is 0.608. The van der Waals surface area contributed by atoms with Crippen LogP contribution >= 0.6 is 11.6 Å². The fraction of sp³-hybridized carbons (Fsp3) is 0.250. The van der Waals surface area contributed by atoms with Gasteiger partial charge in [-0.25, -0.2) is 8.78 Å². The first-order valence-electron chi connectivity index (χ1n) is 3.19. The molecule has 3 heteroatoms. The Kier molecular flexibility index (Phi) is 2.83. The van der Waals surface area contributed by atoms with Gasteiger partial charge in [0.25, 0.3) is 0 Å². The lowest BCUT2D eigenvalue weighted by Crippen LogP contribution is -1.91. The maximum atomic E-state index is 12.3. The summed E-state index contributed by atoms with van der Waals surface area (Å²) in [6.45, 7) is -0.632. The average molecular weight is 177 g/mol. The molecule has 0 saturated carbocycles. The highest BCUT2D eigenvalue weighted by molar-refractivity contribution is 6.20. The van der Waals surface area contributed by atoms with Crippen LogP contribution in [0, 0.1) is 5.82 Å². The van der Waals surface area contributed by atoms with Crippen molar-refractivity contribution in [2.45, 2.75) is 5.38 Å². The minimum Gasteiger partial charge on any atom is -0.249 e. The molecule has 0 amide bonds. The smallest absolute Gasteiger partial charge is 0.123 e. The van der Waals surface area contributed by atoms with Crippen molar-refractivity contribution < 1.29 is 8.78 Å². The molecule has 1 rings (SSSR count). The lowest BCUT2D eigenvalue weighted by molar-refractivity contribution is 0.485. The number of hydrogen-bond acceptors (Lipinski definition) is 0. The molecule has 1 unspecified atom stereocenters. The zero-order chi connectivity index (χ0) is 8.27. The molecule has 1 atom stereocenters. The van der Waals surface area contributed by atoms with Gasteiger partial charge in [-0.15, -0.1) is 11.6 Å². The molecule has 0 nitrogen and oxygen atoms in total. The molecule has 0 fully saturated rings. The highest BCUT2D eigenvalue weighted by atomic mass is 35.5. The number of hydrogen-bond donors (Lipinski definition) is 0. The fourth-order valence-corrected chi connectivity index (χ4v) is 0.906. The van der Waals surface area contributed by atoms with E-state index in [-0.39, 0.29) is 5.82 Å². The lowest BCUT2D eigenvalue weighted by atomic mass is 10.2. The van der Waals surface area contributed by atoms with Crippen molar-refractivity contribution in [1.82, 2.24) is 0 Å². The minimum absolute atomic E-state index is 0.337. The van der Waals surface area contributed by atoms with Crippen molar-refractivity contribution in [3.05, 3.63) is 35.6 Å². The molecule has 0 bridgehead atoms. The summed E-state index contributed by atoms with van der Waals surface area (Å²) in [5.41, 5.74) is 0.607. The van der Waals surface area contributed by atoms with Crippen LogP contribution in [0.5, 0.6) is 0 Å². The molecule has 0 spiro atoms. The number of halogens is 3. The predicted molar refractivity (Wildman–Crippen MR) is 41.0 cm³/mol. The van der Waals surface area contributed by atoms with Gasteiger partial charge in [-0.1, -0.05) is 12.1 Å². The molecule has 0 radical (unpaired) electrons. The summed E-state index contributed by atoms with van der Waals surface area (Å²) in [6.07, 6.45) is 0. The Balaban J connectivity index is 2.81. The molecule has 0 aliphatic carbocycles. The van der Waals surface area contributed by atoms with E-state index in [1.54, 1.807) is 0 Å². The van der Waals surface area contributed by atoms with Crippen LogP contribution in [0.1, 0.15) is 10.9 Å². The number of rotatable bonds is 2. The topological polar surface area (TPSA) is 0 Å². The van der Waals surface area contributed by atoms with E-state index >= 15 is 0 Å². The maximum Gasteiger partial charge on any atom is 0.123 e. The molecule has 11 heavy (non-hydrogen) atoms. The van der Waals surface area contributed by atoms with Gasteiger partial charge in [-0.05, 0) is 17.7 Å². The Morgan fingerprint density at radius 2 is 1.82 bits per heavy atom. The van der Waals surface area contributed by atoms with E-state index in [0.717, 1.165) is 0 Å². The van der Waals surface area contributed by atoms with Crippen molar-refractivity contribution in [3.63, 3.8) is 0 Å². The van der Waals surface area contributed by atoms with Gasteiger partial charge in [0.05, 0.1) is 5.38 Å². The van der Waals surface area contributed by atoms with Gasteiger partial charge in [0.15, 0.2) is 0 Å². The van der Waals surface area contributed by atoms with Gasteiger partial charge in [-0.3, -0.25) is 0 Å². The first-order valence-corrected chi connectivity index (χ1v) is 3.63. The maximum absolute atomic E-state index is 12.3. The molecule has 1 aromatic carbocycles. The van der Waals surface area contributed by atoms with E-state index in [2.05, 4.69) is 0 Å².